The van der Waals surface area contributed by atoms with Crippen LogP contribution in [0.25, 0.3) is 17.0 Å². The maximum absolute atomic E-state index is 12.7. The summed E-state index contributed by atoms with van der Waals surface area (Å²) in [5.74, 6) is 0.0277. The van der Waals surface area contributed by atoms with Crippen LogP contribution in [0.4, 0.5) is 17.1 Å². The van der Waals surface area contributed by atoms with Crippen LogP contribution in [-0.4, -0.2) is 22.1 Å². The van der Waals surface area contributed by atoms with Crippen molar-refractivity contribution in [3.05, 3.63) is 130 Å². The summed E-state index contributed by atoms with van der Waals surface area (Å²) in [4.78, 5) is 21.7. The van der Waals surface area contributed by atoms with Gasteiger partial charge in [-0.05, 0) is 102 Å². The minimum atomic E-state index is -0.327. The number of ketones is 1. The van der Waals surface area contributed by atoms with Crippen molar-refractivity contribution in [2.24, 2.45) is 4.99 Å². The second kappa shape index (κ2) is 12.2. The van der Waals surface area contributed by atoms with E-state index in [9.17, 15) is 9.90 Å². The van der Waals surface area contributed by atoms with E-state index < -0.39 is 0 Å². The molecule has 0 fully saturated rings. The lowest BCUT2D eigenvalue weighted by Crippen LogP contribution is -2.12. The Kier molecular flexibility index (Phi) is 8.44. The van der Waals surface area contributed by atoms with Gasteiger partial charge in [0.2, 0.25) is 0 Å². The molecule has 0 amide bonds. The maximum atomic E-state index is 12.7. The molecule has 7 heteroatoms. The number of aliphatic imine (C=N–C) groups is 1. The molecule has 5 rings (SSSR count). The van der Waals surface area contributed by atoms with Crippen LogP contribution in [0, 0.1) is 0 Å². The van der Waals surface area contributed by atoms with Crippen LogP contribution in [0.5, 0.6) is 5.75 Å². The number of carbonyl (C=O) groups excluding carboxylic acids is 1. The largest absolute Gasteiger partial charge is 0.507 e. The molecule has 0 radical (unpaired) electrons. The summed E-state index contributed by atoms with van der Waals surface area (Å²) in [6, 6.07) is 25.7. The molecule has 0 atom stereocenters. The number of nitrogens with zero attached hydrogens (tertiary/aromatic N) is 2. The molecule has 2 N–H and O–H groups in total. The number of carbonyl (C=O) groups is 1. The number of phenolic OH excluding ortho intramolecular Hbond substituents is 1. The summed E-state index contributed by atoms with van der Waals surface area (Å²) in [6.45, 7) is 6.09. The zero-order chi connectivity index (χ0) is 29.9. The van der Waals surface area contributed by atoms with Crippen molar-refractivity contribution in [1.29, 1.82) is 0 Å². The molecule has 0 aliphatic carbocycles. The fourth-order valence-corrected chi connectivity index (χ4v) is 4.78. The van der Waals surface area contributed by atoms with Gasteiger partial charge >= 0.3 is 0 Å². The van der Waals surface area contributed by atoms with Gasteiger partial charge in [-0.1, -0.05) is 50.0 Å². The third-order valence-electron chi connectivity index (χ3n) is 6.73. The van der Waals surface area contributed by atoms with Crippen molar-refractivity contribution in [2.75, 3.05) is 5.32 Å². The van der Waals surface area contributed by atoms with Gasteiger partial charge in [0.1, 0.15) is 5.75 Å². The van der Waals surface area contributed by atoms with Crippen LogP contribution in [0.1, 0.15) is 47.8 Å². The molecule has 1 heterocycles. The average Bonchev–Trinajstić information content (AvgIpc) is 2.96. The van der Waals surface area contributed by atoms with E-state index in [1.807, 2.05) is 81.4 Å². The number of fused-ring (bicyclic) bond motifs is 1. The lowest BCUT2D eigenvalue weighted by atomic mass is 9.84. The van der Waals surface area contributed by atoms with Gasteiger partial charge in [0.25, 0.3) is 0 Å². The Morgan fingerprint density at radius 1 is 0.905 bits per heavy atom. The standard InChI is InChI=1S/C35H29Cl2N3O2/c1-35(2,3)30-19-22(4-15-33(41)23-5-7-25(36)8-6-23)18-24(34(30)42)21-39-27-10-12-28(13-11-27)40-31-16-17-38-32-20-26(37)9-14-29(31)32/h4-21,42H,1-3H3,(H,38,40)/b15-4+,39-21?. The van der Waals surface area contributed by atoms with Crippen LogP contribution in [0.2, 0.25) is 10.0 Å². The van der Waals surface area contributed by atoms with Gasteiger partial charge in [-0.25, -0.2) is 0 Å². The summed E-state index contributed by atoms with van der Waals surface area (Å²) in [6.07, 6.45) is 6.66. The Labute approximate surface area is 255 Å². The molecule has 0 aliphatic heterocycles. The highest BCUT2D eigenvalue weighted by Gasteiger charge is 2.20. The molecule has 0 saturated heterocycles. The molecule has 4 aromatic carbocycles. The number of phenols is 1. The highest BCUT2D eigenvalue weighted by molar-refractivity contribution is 6.31. The van der Waals surface area contributed by atoms with Crippen molar-refractivity contribution >= 4 is 69.2 Å². The summed E-state index contributed by atoms with van der Waals surface area (Å²) in [5.41, 5.74) is 5.68. The minimum absolute atomic E-state index is 0.135. The van der Waals surface area contributed by atoms with Crippen LogP contribution in [0.15, 0.2) is 102 Å². The molecular formula is C35H29Cl2N3O2. The smallest absolute Gasteiger partial charge is 0.185 e. The molecule has 0 aliphatic rings. The fourth-order valence-electron chi connectivity index (χ4n) is 4.49. The number of pyridine rings is 1. The number of hydrogen-bond donors (Lipinski definition) is 2. The normalized spacial score (nSPS) is 11.9. The molecule has 0 unspecified atom stereocenters. The third kappa shape index (κ3) is 6.88. The lowest BCUT2D eigenvalue weighted by Gasteiger charge is -2.22. The zero-order valence-corrected chi connectivity index (χ0v) is 24.9. The van der Waals surface area contributed by atoms with Gasteiger partial charge in [-0.15, -0.1) is 0 Å². The van der Waals surface area contributed by atoms with E-state index in [4.69, 9.17) is 23.2 Å². The number of aromatic hydroxyl groups is 1. The molecule has 5 aromatic rings. The Balaban J connectivity index is 1.38. The lowest BCUT2D eigenvalue weighted by molar-refractivity contribution is 0.104. The monoisotopic (exact) mass is 593 g/mol. The van der Waals surface area contributed by atoms with E-state index in [-0.39, 0.29) is 16.9 Å². The van der Waals surface area contributed by atoms with E-state index in [1.54, 1.807) is 42.8 Å². The first-order valence-corrected chi connectivity index (χ1v) is 14.1. The van der Waals surface area contributed by atoms with Crippen molar-refractivity contribution in [1.82, 2.24) is 4.98 Å². The molecule has 42 heavy (non-hydrogen) atoms. The number of halogens is 2. The predicted octanol–water partition coefficient (Wildman–Crippen LogP) is 9.93. The average molecular weight is 595 g/mol. The van der Waals surface area contributed by atoms with Gasteiger partial charge in [-0.2, -0.15) is 0 Å². The number of allylic oxidation sites excluding steroid dienone is 1. The molecular weight excluding hydrogens is 565 g/mol. The quantitative estimate of drug-likeness (QED) is 0.112. The molecule has 5 nitrogen and oxygen atoms in total. The second-order valence-electron chi connectivity index (χ2n) is 10.9. The number of aromatic nitrogens is 1. The molecule has 1 aromatic heterocycles. The summed E-state index contributed by atoms with van der Waals surface area (Å²) >= 11 is 12.1. The van der Waals surface area contributed by atoms with E-state index in [2.05, 4.69) is 15.3 Å². The highest BCUT2D eigenvalue weighted by atomic mass is 35.5. The Morgan fingerprint density at radius 3 is 2.33 bits per heavy atom. The van der Waals surface area contributed by atoms with E-state index >= 15 is 0 Å². The number of nitrogens with one attached hydrogen (secondary N) is 1. The third-order valence-corrected chi connectivity index (χ3v) is 7.22. The van der Waals surface area contributed by atoms with E-state index in [1.165, 1.54) is 6.08 Å². The van der Waals surface area contributed by atoms with Crippen molar-refractivity contribution in [3.63, 3.8) is 0 Å². The molecule has 0 saturated carbocycles. The van der Waals surface area contributed by atoms with Gasteiger partial charge in [-0.3, -0.25) is 14.8 Å². The molecule has 0 spiro atoms. The first kappa shape index (κ1) is 29.1. The fraction of sp³-hybridized carbons (Fsp3) is 0.114. The second-order valence-corrected chi connectivity index (χ2v) is 11.8. The number of hydrogen-bond acceptors (Lipinski definition) is 5. The van der Waals surface area contributed by atoms with Crippen molar-refractivity contribution in [3.8, 4) is 5.75 Å². The molecule has 210 valence electrons. The highest BCUT2D eigenvalue weighted by Crippen LogP contribution is 2.35. The molecule has 0 bridgehead atoms. The van der Waals surface area contributed by atoms with E-state index in [0.29, 0.717) is 21.2 Å². The number of rotatable bonds is 7. The summed E-state index contributed by atoms with van der Waals surface area (Å²) < 4.78 is 0. The van der Waals surface area contributed by atoms with Crippen LogP contribution < -0.4 is 5.32 Å². The van der Waals surface area contributed by atoms with Crippen LogP contribution in [0.3, 0.4) is 0 Å². The zero-order valence-electron chi connectivity index (χ0n) is 23.4. The van der Waals surface area contributed by atoms with Crippen molar-refractivity contribution in [2.45, 2.75) is 26.2 Å². The first-order chi connectivity index (χ1) is 20.1. The number of anilines is 2. The predicted molar refractivity (Wildman–Crippen MR) is 175 cm³/mol. The maximum Gasteiger partial charge on any atom is 0.185 e. The summed E-state index contributed by atoms with van der Waals surface area (Å²) in [5, 5.41) is 16.7. The minimum Gasteiger partial charge on any atom is -0.507 e. The van der Waals surface area contributed by atoms with Gasteiger partial charge in [0.15, 0.2) is 5.78 Å². The SMILES string of the molecule is CC(C)(C)c1cc(/C=C/C(=O)c2ccc(Cl)cc2)cc(C=Nc2ccc(Nc3ccnc4cc(Cl)ccc34)cc2)c1O. The van der Waals surface area contributed by atoms with Crippen LogP contribution >= 0.6 is 23.2 Å². The Morgan fingerprint density at radius 2 is 1.62 bits per heavy atom. The summed E-state index contributed by atoms with van der Waals surface area (Å²) in [7, 11) is 0. The number of benzene rings is 4. The van der Waals surface area contributed by atoms with Gasteiger partial charge in [0.05, 0.1) is 11.2 Å². The Bertz CT molecular complexity index is 1820. The van der Waals surface area contributed by atoms with Gasteiger partial charge in [0, 0.05) is 55.9 Å². The topological polar surface area (TPSA) is 74.6 Å². The van der Waals surface area contributed by atoms with E-state index in [0.717, 1.165) is 39.1 Å². The first-order valence-electron chi connectivity index (χ1n) is 13.4. The van der Waals surface area contributed by atoms with Crippen LogP contribution in [-0.2, 0) is 5.41 Å². The van der Waals surface area contributed by atoms with Gasteiger partial charge < -0.3 is 10.4 Å². The Hall–Kier alpha value is -4.45. The van der Waals surface area contributed by atoms with Crippen molar-refractivity contribution < 1.29 is 9.90 Å².